The Labute approximate surface area is 575 Å². The highest BCUT2D eigenvalue weighted by Crippen LogP contribution is 2.45. The standard InChI is InChI=1S/C75H146O17P2/c1-7-9-11-13-15-17-19-20-21-22-23-24-29-32-36-40-48-54-60-75(80)91-70(63-85-72(77)57-51-45-38-35-31-28-26-25-27-30-33-37-43-49-55-67(3)4)65-89-93(81,82)87-61-69(76)62-88-94(83,84)90-66-71(64-86-73(78)58-52-46-42-41-44-50-56-68(5)6)92-74(79)59-53-47-39-34-18-16-14-12-10-8-2/h67-71,76H,7-66H2,1-6H3,(H,81,82)(H,83,84)/t69-,70-,71-/m1/s1. The molecule has 3 N–H and O–H groups in total. The number of phosphoric ester groups is 2. The Hall–Kier alpha value is -1.94. The molecule has 17 nitrogen and oxygen atoms in total. The van der Waals surface area contributed by atoms with Crippen molar-refractivity contribution in [1.29, 1.82) is 0 Å². The molecule has 0 aromatic heterocycles. The molecule has 0 saturated heterocycles. The van der Waals surface area contributed by atoms with Crippen LogP contribution in [0.25, 0.3) is 0 Å². The lowest BCUT2D eigenvalue weighted by atomic mass is 10.0. The van der Waals surface area contributed by atoms with Crippen LogP contribution < -0.4 is 0 Å². The molecule has 5 atom stereocenters. The van der Waals surface area contributed by atoms with Crippen molar-refractivity contribution in [3.05, 3.63) is 0 Å². The van der Waals surface area contributed by atoms with Crippen molar-refractivity contribution < 1.29 is 80.2 Å². The number of aliphatic hydroxyl groups is 1. The van der Waals surface area contributed by atoms with Crippen molar-refractivity contribution in [2.24, 2.45) is 11.8 Å². The quantitative estimate of drug-likeness (QED) is 0.0222. The van der Waals surface area contributed by atoms with Crippen molar-refractivity contribution in [3.63, 3.8) is 0 Å². The Morgan fingerprint density at radius 2 is 0.489 bits per heavy atom. The average Bonchev–Trinajstić information content (AvgIpc) is 1.19. The summed E-state index contributed by atoms with van der Waals surface area (Å²) in [6.07, 6.45) is 54.3. The SMILES string of the molecule is CCCCCCCCCCCCCCCCCCCCC(=O)O[C@H](COC(=O)CCCCCCCCCCCCCCCCC(C)C)COP(=O)(O)OC[C@@H](O)COP(=O)(O)OC[C@@H](COC(=O)CCCCCCCCC(C)C)OC(=O)CCCCCCCCCCCC. The average molecular weight is 1380 g/mol. The lowest BCUT2D eigenvalue weighted by Gasteiger charge is -2.21. The summed E-state index contributed by atoms with van der Waals surface area (Å²) in [5, 5.41) is 10.6. The maximum absolute atomic E-state index is 13.1. The Balaban J connectivity index is 5.21. The van der Waals surface area contributed by atoms with Gasteiger partial charge in [0.15, 0.2) is 12.2 Å². The first-order valence-corrected chi connectivity index (χ1v) is 42.0. The first kappa shape index (κ1) is 92.1. The molecule has 0 aliphatic carbocycles. The van der Waals surface area contributed by atoms with E-state index < -0.39 is 97.5 Å². The van der Waals surface area contributed by atoms with Crippen LogP contribution in [0.4, 0.5) is 0 Å². The van der Waals surface area contributed by atoms with Crippen LogP contribution in [-0.4, -0.2) is 96.7 Å². The summed E-state index contributed by atoms with van der Waals surface area (Å²) in [6, 6.07) is 0. The molecule has 0 aromatic rings. The summed E-state index contributed by atoms with van der Waals surface area (Å²) in [5.74, 6) is -0.640. The van der Waals surface area contributed by atoms with Gasteiger partial charge in [-0.1, -0.05) is 337 Å². The van der Waals surface area contributed by atoms with E-state index in [-0.39, 0.29) is 25.7 Å². The summed E-state index contributed by atoms with van der Waals surface area (Å²) >= 11 is 0. The molecule has 0 aliphatic rings. The molecule has 0 amide bonds. The molecule has 0 aromatic carbocycles. The number of phosphoric acid groups is 2. The van der Waals surface area contributed by atoms with Crippen LogP contribution in [0.5, 0.6) is 0 Å². The summed E-state index contributed by atoms with van der Waals surface area (Å²) in [6.45, 7) is 9.52. The van der Waals surface area contributed by atoms with Gasteiger partial charge in [0, 0.05) is 25.7 Å². The van der Waals surface area contributed by atoms with Crippen LogP contribution in [0.15, 0.2) is 0 Å². The molecule has 2 unspecified atom stereocenters. The number of carbonyl (C=O) groups is 4. The number of rotatable bonds is 74. The Morgan fingerprint density at radius 1 is 0.287 bits per heavy atom. The molecule has 19 heteroatoms. The van der Waals surface area contributed by atoms with Crippen LogP contribution >= 0.6 is 15.6 Å². The minimum Gasteiger partial charge on any atom is -0.462 e. The Kier molecular flexibility index (Phi) is 65.5. The molecule has 94 heavy (non-hydrogen) atoms. The van der Waals surface area contributed by atoms with E-state index in [4.69, 9.17) is 37.0 Å². The maximum Gasteiger partial charge on any atom is 0.472 e. The predicted octanol–water partition coefficient (Wildman–Crippen LogP) is 21.9. The molecule has 0 heterocycles. The van der Waals surface area contributed by atoms with Gasteiger partial charge in [0.1, 0.15) is 19.3 Å². The van der Waals surface area contributed by atoms with E-state index in [1.807, 2.05) is 0 Å². The smallest absolute Gasteiger partial charge is 0.462 e. The monoisotopic (exact) mass is 1380 g/mol. The van der Waals surface area contributed by atoms with Crippen LogP contribution in [0.1, 0.15) is 388 Å². The highest BCUT2D eigenvalue weighted by molar-refractivity contribution is 7.47. The third-order valence-corrected chi connectivity index (χ3v) is 19.4. The van der Waals surface area contributed by atoms with Crippen molar-refractivity contribution in [2.45, 2.75) is 407 Å². The molecule has 0 fully saturated rings. The zero-order valence-corrected chi connectivity index (χ0v) is 63.1. The summed E-state index contributed by atoms with van der Waals surface area (Å²) in [7, 11) is -9.91. The number of unbranched alkanes of at least 4 members (excludes halogenated alkanes) is 44. The van der Waals surface area contributed by atoms with Crippen molar-refractivity contribution in [3.8, 4) is 0 Å². The molecule has 0 bridgehead atoms. The third-order valence-electron chi connectivity index (χ3n) is 17.5. The minimum absolute atomic E-state index is 0.105. The largest absolute Gasteiger partial charge is 0.472 e. The van der Waals surface area contributed by atoms with Crippen molar-refractivity contribution >= 4 is 39.5 Å². The zero-order chi connectivity index (χ0) is 69.3. The molecule has 0 rings (SSSR count). The summed E-state index contributed by atoms with van der Waals surface area (Å²) in [5.41, 5.74) is 0. The van der Waals surface area contributed by atoms with Gasteiger partial charge in [0.05, 0.1) is 26.4 Å². The maximum atomic E-state index is 13.1. The third kappa shape index (κ3) is 68.6. The molecule has 0 radical (unpaired) electrons. The first-order chi connectivity index (χ1) is 45.4. The molecule has 0 spiro atoms. The van der Waals surface area contributed by atoms with Gasteiger partial charge in [-0.2, -0.15) is 0 Å². The van der Waals surface area contributed by atoms with Crippen LogP contribution in [-0.2, 0) is 65.4 Å². The van der Waals surface area contributed by atoms with E-state index in [2.05, 4.69) is 41.5 Å². The highest BCUT2D eigenvalue weighted by Gasteiger charge is 2.30. The second kappa shape index (κ2) is 66.9. The van der Waals surface area contributed by atoms with Crippen molar-refractivity contribution in [2.75, 3.05) is 39.6 Å². The lowest BCUT2D eigenvalue weighted by molar-refractivity contribution is -0.161. The molecule has 0 saturated carbocycles. The van der Waals surface area contributed by atoms with Crippen LogP contribution in [0.2, 0.25) is 0 Å². The van der Waals surface area contributed by atoms with Gasteiger partial charge in [0.25, 0.3) is 0 Å². The lowest BCUT2D eigenvalue weighted by Crippen LogP contribution is -2.30. The fourth-order valence-corrected chi connectivity index (χ4v) is 13.1. The number of ether oxygens (including phenoxy) is 4. The summed E-state index contributed by atoms with van der Waals surface area (Å²) < 4.78 is 68.4. The highest BCUT2D eigenvalue weighted by atomic mass is 31.2. The van der Waals surface area contributed by atoms with E-state index in [1.165, 1.54) is 199 Å². The van der Waals surface area contributed by atoms with E-state index in [0.29, 0.717) is 31.6 Å². The number of hydrogen-bond acceptors (Lipinski definition) is 15. The minimum atomic E-state index is -4.96. The van der Waals surface area contributed by atoms with Gasteiger partial charge in [-0.15, -0.1) is 0 Å². The molecular weight excluding hydrogens is 1230 g/mol. The van der Waals surface area contributed by atoms with E-state index in [9.17, 15) is 43.2 Å². The number of aliphatic hydroxyl groups excluding tert-OH is 1. The van der Waals surface area contributed by atoms with Gasteiger partial charge in [0.2, 0.25) is 0 Å². The molecule has 0 aliphatic heterocycles. The number of carbonyl (C=O) groups excluding carboxylic acids is 4. The topological polar surface area (TPSA) is 237 Å². The molecular formula is C75H146O17P2. The van der Waals surface area contributed by atoms with E-state index >= 15 is 0 Å². The fraction of sp³-hybridized carbons (Fsp3) is 0.947. The van der Waals surface area contributed by atoms with Gasteiger partial charge < -0.3 is 33.8 Å². The van der Waals surface area contributed by atoms with Gasteiger partial charge in [-0.05, 0) is 37.5 Å². The Morgan fingerprint density at radius 3 is 0.723 bits per heavy atom. The second-order valence-electron chi connectivity index (χ2n) is 28.0. The van der Waals surface area contributed by atoms with Gasteiger partial charge in [-0.25, -0.2) is 9.13 Å². The van der Waals surface area contributed by atoms with Crippen molar-refractivity contribution in [1.82, 2.24) is 0 Å². The predicted molar refractivity (Wildman–Crippen MR) is 381 cm³/mol. The van der Waals surface area contributed by atoms with Crippen LogP contribution in [0.3, 0.4) is 0 Å². The summed E-state index contributed by atoms with van der Waals surface area (Å²) in [4.78, 5) is 72.7. The normalized spacial score (nSPS) is 14.0. The second-order valence-corrected chi connectivity index (χ2v) is 30.9. The zero-order valence-electron chi connectivity index (χ0n) is 61.3. The number of esters is 4. The van der Waals surface area contributed by atoms with Gasteiger partial charge in [-0.3, -0.25) is 37.3 Å². The first-order valence-electron chi connectivity index (χ1n) is 39.0. The molecule has 558 valence electrons. The fourth-order valence-electron chi connectivity index (χ4n) is 11.5. The Bertz CT molecular complexity index is 1820. The number of hydrogen-bond donors (Lipinski definition) is 3. The van der Waals surface area contributed by atoms with Crippen LogP contribution in [0, 0.1) is 11.8 Å². The van der Waals surface area contributed by atoms with E-state index in [1.54, 1.807) is 0 Å². The van der Waals surface area contributed by atoms with Gasteiger partial charge >= 0.3 is 39.5 Å². The van der Waals surface area contributed by atoms with E-state index in [0.717, 1.165) is 102 Å².